The molecule has 0 bridgehead atoms. The highest BCUT2D eigenvalue weighted by molar-refractivity contribution is 9.10. The monoisotopic (exact) mass is 517 g/mol. The zero-order valence-electron chi connectivity index (χ0n) is 16.6. The number of nitrogens with one attached hydrogen (secondary N) is 1. The normalized spacial score (nSPS) is 11.3. The first-order chi connectivity index (χ1) is 15.2. The van der Waals surface area contributed by atoms with Crippen molar-refractivity contribution in [1.82, 2.24) is 5.43 Å². The summed E-state index contributed by atoms with van der Waals surface area (Å²) in [4.78, 5) is 22.1. The van der Waals surface area contributed by atoms with E-state index in [1.54, 1.807) is 24.3 Å². The van der Waals surface area contributed by atoms with Gasteiger partial charge < -0.3 is 4.18 Å². The third-order valence-corrected chi connectivity index (χ3v) is 5.95. The Balaban J connectivity index is 1.66. The van der Waals surface area contributed by atoms with E-state index >= 15 is 0 Å². The van der Waals surface area contributed by atoms with Gasteiger partial charge in [-0.15, -0.1) is 0 Å². The SMILES string of the molecule is Cc1ccc(S(=O)(=O)Oc2ccc(/C=N\NC(=O)c3cccc(Br)c3)cc2)cc1[N+](=O)[O-]. The van der Waals surface area contributed by atoms with Crippen molar-refractivity contribution < 1.29 is 22.3 Å². The van der Waals surface area contributed by atoms with Crippen molar-refractivity contribution in [2.75, 3.05) is 0 Å². The largest absolute Gasteiger partial charge is 0.379 e. The first kappa shape index (κ1) is 23.1. The quantitative estimate of drug-likeness (QED) is 0.216. The third kappa shape index (κ3) is 5.77. The van der Waals surface area contributed by atoms with Gasteiger partial charge in [-0.05, 0) is 61.0 Å². The highest BCUT2D eigenvalue weighted by atomic mass is 79.9. The summed E-state index contributed by atoms with van der Waals surface area (Å²) in [5.74, 6) is -0.371. The molecule has 0 aliphatic heterocycles. The molecule has 3 rings (SSSR count). The van der Waals surface area contributed by atoms with Gasteiger partial charge in [0.15, 0.2) is 0 Å². The zero-order chi connectivity index (χ0) is 23.3. The van der Waals surface area contributed by atoms with Gasteiger partial charge >= 0.3 is 10.1 Å². The molecule has 0 heterocycles. The number of aryl methyl sites for hydroxylation is 1. The van der Waals surface area contributed by atoms with Crippen LogP contribution in [0.4, 0.5) is 5.69 Å². The standard InChI is InChI=1S/C21H16BrN3O6S/c1-14-5-10-19(12-20(14)25(27)28)32(29,30)31-18-8-6-15(7-9-18)13-23-24-21(26)16-3-2-4-17(22)11-16/h2-13H,1H3,(H,24,26)/b23-13-. The summed E-state index contributed by atoms with van der Waals surface area (Å²) in [5, 5.41) is 14.9. The predicted octanol–water partition coefficient (Wildman–Crippen LogP) is 4.20. The molecule has 0 fully saturated rings. The van der Waals surface area contributed by atoms with Crippen molar-refractivity contribution in [2.45, 2.75) is 11.8 Å². The van der Waals surface area contributed by atoms with E-state index in [9.17, 15) is 23.3 Å². The number of hydrogen-bond donors (Lipinski definition) is 1. The molecule has 3 aromatic rings. The van der Waals surface area contributed by atoms with Crippen LogP contribution < -0.4 is 9.61 Å². The zero-order valence-corrected chi connectivity index (χ0v) is 19.0. The minimum Gasteiger partial charge on any atom is -0.379 e. The maximum atomic E-state index is 12.5. The highest BCUT2D eigenvalue weighted by Gasteiger charge is 2.21. The molecule has 0 saturated carbocycles. The van der Waals surface area contributed by atoms with E-state index in [1.807, 2.05) is 0 Å². The molecule has 0 unspecified atom stereocenters. The van der Waals surface area contributed by atoms with Gasteiger partial charge in [0.1, 0.15) is 10.6 Å². The van der Waals surface area contributed by atoms with E-state index in [0.717, 1.165) is 10.5 Å². The van der Waals surface area contributed by atoms with Crippen LogP contribution in [-0.2, 0) is 10.1 Å². The molecule has 0 radical (unpaired) electrons. The molecule has 0 atom stereocenters. The summed E-state index contributed by atoms with van der Waals surface area (Å²) in [6.07, 6.45) is 1.39. The molecule has 0 aromatic heterocycles. The molecule has 0 aliphatic carbocycles. The maximum absolute atomic E-state index is 12.5. The lowest BCUT2D eigenvalue weighted by Crippen LogP contribution is -2.17. The molecular formula is C21H16BrN3O6S. The van der Waals surface area contributed by atoms with Crippen LogP contribution >= 0.6 is 15.9 Å². The Morgan fingerprint density at radius 3 is 2.50 bits per heavy atom. The van der Waals surface area contributed by atoms with Crippen LogP contribution in [-0.4, -0.2) is 25.5 Å². The van der Waals surface area contributed by atoms with Gasteiger partial charge in [0.25, 0.3) is 11.6 Å². The predicted molar refractivity (Wildman–Crippen MR) is 121 cm³/mol. The van der Waals surface area contributed by atoms with Crippen LogP contribution in [0.1, 0.15) is 21.5 Å². The number of carbonyl (C=O) groups excluding carboxylic acids is 1. The second-order valence-corrected chi connectivity index (χ2v) is 8.98. The fraction of sp³-hybridized carbons (Fsp3) is 0.0476. The summed E-state index contributed by atoms with van der Waals surface area (Å²) in [5.41, 5.74) is 3.43. The van der Waals surface area contributed by atoms with Crippen molar-refractivity contribution >= 4 is 43.9 Å². The Bertz CT molecular complexity index is 1310. The smallest absolute Gasteiger partial charge is 0.339 e. The van der Waals surface area contributed by atoms with E-state index in [1.165, 1.54) is 49.5 Å². The number of nitro groups is 1. The van der Waals surface area contributed by atoms with Gasteiger partial charge in [0.2, 0.25) is 0 Å². The Kier molecular flexibility index (Phi) is 7.01. The molecular weight excluding hydrogens is 502 g/mol. The summed E-state index contributed by atoms with van der Waals surface area (Å²) in [7, 11) is -4.26. The number of benzene rings is 3. The van der Waals surface area contributed by atoms with E-state index in [-0.39, 0.29) is 22.2 Å². The number of carbonyl (C=O) groups is 1. The number of hydrogen-bond acceptors (Lipinski definition) is 7. The fourth-order valence-electron chi connectivity index (χ4n) is 2.59. The summed E-state index contributed by atoms with van der Waals surface area (Å²) < 4.78 is 30.7. The number of rotatable bonds is 7. The average Bonchev–Trinajstić information content (AvgIpc) is 2.74. The van der Waals surface area contributed by atoms with Gasteiger partial charge in [0.05, 0.1) is 11.1 Å². The van der Waals surface area contributed by atoms with Crippen LogP contribution in [0.2, 0.25) is 0 Å². The van der Waals surface area contributed by atoms with Crippen molar-refractivity contribution in [1.29, 1.82) is 0 Å². The highest BCUT2D eigenvalue weighted by Crippen LogP contribution is 2.25. The molecule has 0 spiro atoms. The second kappa shape index (κ2) is 9.71. The lowest BCUT2D eigenvalue weighted by atomic mass is 10.2. The first-order valence-corrected chi connectivity index (χ1v) is 11.2. The Morgan fingerprint density at radius 1 is 1.12 bits per heavy atom. The third-order valence-electron chi connectivity index (χ3n) is 4.22. The van der Waals surface area contributed by atoms with Crippen molar-refractivity contribution in [3.05, 3.63) is 98.0 Å². The van der Waals surface area contributed by atoms with Gasteiger partial charge in [-0.3, -0.25) is 14.9 Å². The second-order valence-electron chi connectivity index (χ2n) is 6.52. The number of nitro benzene ring substituents is 1. The molecule has 11 heteroatoms. The minimum atomic E-state index is -4.26. The summed E-state index contributed by atoms with van der Waals surface area (Å²) >= 11 is 3.29. The number of halogens is 1. The lowest BCUT2D eigenvalue weighted by Gasteiger charge is -2.08. The van der Waals surface area contributed by atoms with E-state index in [0.29, 0.717) is 16.7 Å². The summed E-state index contributed by atoms with van der Waals surface area (Å²) in [6, 6.07) is 16.2. The molecule has 32 heavy (non-hydrogen) atoms. The van der Waals surface area contributed by atoms with Crippen molar-refractivity contribution in [3.63, 3.8) is 0 Å². The van der Waals surface area contributed by atoms with Gasteiger partial charge in [0, 0.05) is 21.7 Å². The van der Waals surface area contributed by atoms with Crippen LogP contribution in [0, 0.1) is 17.0 Å². The van der Waals surface area contributed by atoms with Crippen molar-refractivity contribution in [3.8, 4) is 5.75 Å². The number of hydrazone groups is 1. The molecule has 3 aromatic carbocycles. The van der Waals surface area contributed by atoms with E-state index < -0.39 is 15.0 Å². The average molecular weight is 518 g/mol. The van der Waals surface area contributed by atoms with E-state index in [4.69, 9.17) is 4.18 Å². The lowest BCUT2D eigenvalue weighted by molar-refractivity contribution is -0.385. The molecule has 1 amide bonds. The molecule has 0 aliphatic rings. The minimum absolute atomic E-state index is 0.0172. The molecule has 1 N–H and O–H groups in total. The van der Waals surface area contributed by atoms with Crippen molar-refractivity contribution in [2.24, 2.45) is 5.10 Å². The fourth-order valence-corrected chi connectivity index (χ4v) is 3.94. The molecule has 9 nitrogen and oxygen atoms in total. The topological polar surface area (TPSA) is 128 Å². The van der Waals surface area contributed by atoms with Gasteiger partial charge in [-0.25, -0.2) is 5.43 Å². The van der Waals surface area contributed by atoms with Crippen LogP contribution in [0.5, 0.6) is 5.75 Å². The van der Waals surface area contributed by atoms with Crippen LogP contribution in [0.15, 0.2) is 81.2 Å². The van der Waals surface area contributed by atoms with E-state index in [2.05, 4.69) is 26.5 Å². The van der Waals surface area contributed by atoms with Crippen LogP contribution in [0.3, 0.4) is 0 Å². The van der Waals surface area contributed by atoms with Gasteiger partial charge in [-0.2, -0.15) is 13.5 Å². The van der Waals surface area contributed by atoms with Gasteiger partial charge in [-0.1, -0.05) is 28.1 Å². The van der Waals surface area contributed by atoms with Crippen LogP contribution in [0.25, 0.3) is 0 Å². The summed E-state index contributed by atoms with van der Waals surface area (Å²) in [6.45, 7) is 1.51. The number of nitrogens with zero attached hydrogens (tertiary/aromatic N) is 2. The Morgan fingerprint density at radius 2 is 1.84 bits per heavy atom. The molecule has 164 valence electrons. The Hall–Kier alpha value is -3.57. The maximum Gasteiger partial charge on any atom is 0.339 e. The Labute approximate surface area is 192 Å². The molecule has 0 saturated heterocycles. The number of amides is 1. The first-order valence-electron chi connectivity index (χ1n) is 9.04.